The van der Waals surface area contributed by atoms with Gasteiger partial charge in [-0.15, -0.1) is 11.8 Å². The third-order valence-corrected chi connectivity index (χ3v) is 2.64. The Kier molecular flexibility index (Phi) is 5.53. The molecule has 0 radical (unpaired) electrons. The van der Waals surface area contributed by atoms with Gasteiger partial charge in [-0.3, -0.25) is 9.59 Å². The average Bonchev–Trinajstić information content (AvgIpc) is 2.02. The number of carboxylic acid groups (broad SMARTS) is 1. The molecule has 0 rings (SSSR count). The van der Waals surface area contributed by atoms with Gasteiger partial charge in [-0.1, -0.05) is 6.92 Å². The Morgan fingerprint density at radius 1 is 1.46 bits per heavy atom. The molecule has 5 heteroatoms. The Hall–Kier alpha value is -0.710. The summed E-state index contributed by atoms with van der Waals surface area (Å²) >= 11 is 1.27. The Morgan fingerprint density at radius 3 is 2.38 bits per heavy atom. The summed E-state index contributed by atoms with van der Waals surface area (Å²) < 4.78 is 0. The highest BCUT2D eigenvalue weighted by atomic mass is 32.2. The predicted molar refractivity (Wildman–Crippen MR) is 52.8 cm³/mol. The van der Waals surface area contributed by atoms with Crippen molar-refractivity contribution in [3.63, 3.8) is 0 Å². The van der Waals surface area contributed by atoms with Gasteiger partial charge in [-0.2, -0.15) is 0 Å². The van der Waals surface area contributed by atoms with Crippen molar-refractivity contribution in [2.75, 3.05) is 25.6 Å². The molecule has 4 nitrogen and oxygen atoms in total. The number of hydrogen-bond acceptors (Lipinski definition) is 3. The molecule has 13 heavy (non-hydrogen) atoms. The number of carbonyl (C=O) groups is 2. The summed E-state index contributed by atoms with van der Waals surface area (Å²) in [6.07, 6.45) is 0. The number of carbonyl (C=O) groups excluding carboxylic acids is 1. The highest BCUT2D eigenvalue weighted by molar-refractivity contribution is 7.99. The second kappa shape index (κ2) is 5.85. The zero-order valence-corrected chi connectivity index (χ0v) is 8.93. The lowest BCUT2D eigenvalue weighted by molar-refractivity contribution is -0.134. The summed E-state index contributed by atoms with van der Waals surface area (Å²) in [4.78, 5) is 23.0. The number of amides is 1. The van der Waals surface area contributed by atoms with Crippen LogP contribution < -0.4 is 0 Å². The van der Waals surface area contributed by atoms with E-state index >= 15 is 0 Å². The van der Waals surface area contributed by atoms with Crippen LogP contribution in [-0.2, 0) is 9.59 Å². The van der Waals surface area contributed by atoms with Gasteiger partial charge in [0.1, 0.15) is 0 Å². The minimum Gasteiger partial charge on any atom is -0.481 e. The van der Waals surface area contributed by atoms with Gasteiger partial charge >= 0.3 is 5.97 Å². The van der Waals surface area contributed by atoms with Crippen LogP contribution in [0, 0.1) is 5.92 Å². The maximum atomic E-state index is 11.3. The van der Waals surface area contributed by atoms with E-state index < -0.39 is 5.97 Å². The lowest BCUT2D eigenvalue weighted by atomic mass is 10.2. The van der Waals surface area contributed by atoms with Crippen LogP contribution >= 0.6 is 11.8 Å². The van der Waals surface area contributed by atoms with Gasteiger partial charge in [0.2, 0.25) is 5.91 Å². The van der Waals surface area contributed by atoms with E-state index in [4.69, 9.17) is 5.11 Å². The first-order valence-corrected chi connectivity index (χ1v) is 5.11. The van der Waals surface area contributed by atoms with Crippen LogP contribution in [0.2, 0.25) is 0 Å². The number of rotatable bonds is 5. The maximum absolute atomic E-state index is 11.3. The molecule has 0 saturated heterocycles. The average molecular weight is 205 g/mol. The molecule has 0 bridgehead atoms. The van der Waals surface area contributed by atoms with Gasteiger partial charge in [-0.05, 0) is 0 Å². The molecule has 0 aliphatic rings. The second-order valence-electron chi connectivity index (χ2n) is 3.04. The summed E-state index contributed by atoms with van der Waals surface area (Å²) in [6, 6.07) is 0. The molecule has 0 aromatic carbocycles. The Balaban J connectivity index is 3.68. The third kappa shape index (κ3) is 5.52. The van der Waals surface area contributed by atoms with Crippen LogP contribution in [0.4, 0.5) is 0 Å². The molecule has 0 aromatic rings. The van der Waals surface area contributed by atoms with Crippen molar-refractivity contribution in [1.29, 1.82) is 0 Å². The van der Waals surface area contributed by atoms with Crippen molar-refractivity contribution in [2.24, 2.45) is 5.92 Å². The lowest BCUT2D eigenvalue weighted by Crippen LogP contribution is -2.29. The molecule has 0 aliphatic heterocycles. The van der Waals surface area contributed by atoms with Crippen molar-refractivity contribution in [3.05, 3.63) is 0 Å². The predicted octanol–water partition coefficient (Wildman–Crippen LogP) is 0.528. The van der Waals surface area contributed by atoms with Crippen molar-refractivity contribution < 1.29 is 14.7 Å². The molecular formula is C8H15NO3S. The highest BCUT2D eigenvalue weighted by Gasteiger charge is 2.14. The van der Waals surface area contributed by atoms with Crippen molar-refractivity contribution in [2.45, 2.75) is 6.92 Å². The monoisotopic (exact) mass is 205 g/mol. The zero-order chi connectivity index (χ0) is 10.4. The van der Waals surface area contributed by atoms with Crippen LogP contribution in [0.25, 0.3) is 0 Å². The SMILES string of the molecule is CC(CSCC(=O)O)C(=O)N(C)C. The molecule has 76 valence electrons. The van der Waals surface area contributed by atoms with E-state index in [0.717, 1.165) is 0 Å². The van der Waals surface area contributed by atoms with E-state index in [2.05, 4.69) is 0 Å². The van der Waals surface area contributed by atoms with Gasteiger partial charge in [0.05, 0.1) is 5.75 Å². The Labute approximate surface area is 82.3 Å². The van der Waals surface area contributed by atoms with Gasteiger partial charge in [0, 0.05) is 25.8 Å². The summed E-state index contributed by atoms with van der Waals surface area (Å²) in [5.41, 5.74) is 0. The largest absolute Gasteiger partial charge is 0.481 e. The Bertz CT molecular complexity index is 194. The molecule has 0 saturated carbocycles. The highest BCUT2D eigenvalue weighted by Crippen LogP contribution is 2.09. The smallest absolute Gasteiger partial charge is 0.313 e. The van der Waals surface area contributed by atoms with E-state index in [1.165, 1.54) is 16.7 Å². The fourth-order valence-corrected chi connectivity index (χ4v) is 1.62. The van der Waals surface area contributed by atoms with Gasteiger partial charge in [0.15, 0.2) is 0 Å². The first-order valence-electron chi connectivity index (χ1n) is 3.96. The first kappa shape index (κ1) is 12.3. The van der Waals surface area contributed by atoms with E-state index in [-0.39, 0.29) is 17.6 Å². The normalized spacial score (nSPS) is 12.2. The zero-order valence-electron chi connectivity index (χ0n) is 8.11. The number of aliphatic carboxylic acids is 1. The topological polar surface area (TPSA) is 57.6 Å². The van der Waals surface area contributed by atoms with Crippen LogP contribution in [0.15, 0.2) is 0 Å². The molecule has 0 spiro atoms. The summed E-state index contributed by atoms with van der Waals surface area (Å²) in [6.45, 7) is 1.80. The summed E-state index contributed by atoms with van der Waals surface area (Å²) in [7, 11) is 3.39. The van der Waals surface area contributed by atoms with Crippen molar-refractivity contribution in [3.8, 4) is 0 Å². The van der Waals surface area contributed by atoms with Crippen LogP contribution in [-0.4, -0.2) is 47.5 Å². The lowest BCUT2D eigenvalue weighted by Gasteiger charge is -2.15. The van der Waals surface area contributed by atoms with Crippen LogP contribution in [0.3, 0.4) is 0 Å². The number of nitrogens with zero attached hydrogens (tertiary/aromatic N) is 1. The molecule has 1 atom stereocenters. The van der Waals surface area contributed by atoms with Gasteiger partial charge in [0.25, 0.3) is 0 Å². The van der Waals surface area contributed by atoms with E-state index in [9.17, 15) is 9.59 Å². The fourth-order valence-electron chi connectivity index (χ4n) is 0.835. The molecule has 0 heterocycles. The fraction of sp³-hybridized carbons (Fsp3) is 0.750. The minimum atomic E-state index is -0.838. The molecule has 1 N–H and O–H groups in total. The van der Waals surface area contributed by atoms with E-state index in [0.29, 0.717) is 5.75 Å². The number of hydrogen-bond donors (Lipinski definition) is 1. The van der Waals surface area contributed by atoms with Gasteiger partial charge < -0.3 is 10.0 Å². The molecule has 1 unspecified atom stereocenters. The maximum Gasteiger partial charge on any atom is 0.313 e. The van der Waals surface area contributed by atoms with Crippen molar-refractivity contribution >= 4 is 23.6 Å². The van der Waals surface area contributed by atoms with Crippen LogP contribution in [0.1, 0.15) is 6.92 Å². The number of thioether (sulfide) groups is 1. The Morgan fingerprint density at radius 2 is 2.00 bits per heavy atom. The molecule has 0 aromatic heterocycles. The number of carboxylic acids is 1. The molecular weight excluding hydrogens is 190 g/mol. The molecule has 0 fully saturated rings. The molecule has 1 amide bonds. The summed E-state index contributed by atoms with van der Waals surface area (Å²) in [5.74, 6) is -0.291. The third-order valence-electron chi connectivity index (χ3n) is 1.46. The standard InChI is InChI=1S/C8H15NO3S/c1-6(8(12)9(2)3)4-13-5-7(10)11/h6H,4-5H2,1-3H3,(H,10,11). The van der Waals surface area contributed by atoms with E-state index in [1.807, 2.05) is 0 Å². The van der Waals surface area contributed by atoms with E-state index in [1.54, 1.807) is 21.0 Å². The molecule has 0 aliphatic carbocycles. The quantitative estimate of drug-likeness (QED) is 0.711. The summed E-state index contributed by atoms with van der Waals surface area (Å²) in [5, 5.41) is 8.36. The minimum absolute atomic E-state index is 0.0397. The first-order chi connectivity index (χ1) is 5.95. The van der Waals surface area contributed by atoms with Crippen molar-refractivity contribution in [1.82, 2.24) is 4.90 Å². The second-order valence-corrected chi connectivity index (χ2v) is 4.07. The van der Waals surface area contributed by atoms with Crippen LogP contribution in [0.5, 0.6) is 0 Å². The van der Waals surface area contributed by atoms with Gasteiger partial charge in [-0.25, -0.2) is 0 Å².